The van der Waals surface area contributed by atoms with Gasteiger partial charge in [0.1, 0.15) is 0 Å². The fourth-order valence-corrected chi connectivity index (χ4v) is 1.71. The third-order valence-corrected chi connectivity index (χ3v) is 2.77. The molecule has 1 saturated carbocycles. The first-order chi connectivity index (χ1) is 6.18. The molecule has 72 valence electrons. The van der Waals surface area contributed by atoms with Crippen molar-refractivity contribution < 1.29 is 9.59 Å². The average molecular weight is 182 g/mol. The van der Waals surface area contributed by atoms with Gasteiger partial charge >= 0.3 is 0 Å². The molecule has 4 nitrogen and oxygen atoms in total. The van der Waals surface area contributed by atoms with Crippen LogP contribution in [0.1, 0.15) is 19.3 Å². The molecule has 0 radical (unpaired) electrons. The third kappa shape index (κ3) is 1.66. The van der Waals surface area contributed by atoms with Crippen molar-refractivity contribution in [3.05, 3.63) is 0 Å². The van der Waals surface area contributed by atoms with Gasteiger partial charge in [0.2, 0.25) is 11.8 Å². The number of nitrogens with one attached hydrogen (secondary N) is 1. The number of nitrogens with zero attached hydrogens (tertiary/aromatic N) is 1. The van der Waals surface area contributed by atoms with Gasteiger partial charge in [0.25, 0.3) is 0 Å². The maximum Gasteiger partial charge on any atom is 0.227 e. The van der Waals surface area contributed by atoms with Gasteiger partial charge in [-0.15, -0.1) is 0 Å². The first-order valence-corrected chi connectivity index (χ1v) is 4.72. The number of rotatable bonds is 2. The molecule has 1 unspecified atom stereocenters. The largest absolute Gasteiger partial charge is 0.355 e. The van der Waals surface area contributed by atoms with E-state index in [1.807, 2.05) is 7.05 Å². The monoisotopic (exact) mass is 182 g/mol. The highest BCUT2D eigenvalue weighted by Gasteiger charge is 2.36. The van der Waals surface area contributed by atoms with Gasteiger partial charge in [-0.2, -0.15) is 0 Å². The molecule has 1 aliphatic carbocycles. The van der Waals surface area contributed by atoms with Crippen molar-refractivity contribution in [1.29, 1.82) is 0 Å². The van der Waals surface area contributed by atoms with Crippen LogP contribution in [-0.2, 0) is 9.59 Å². The molecule has 2 aliphatic rings. The van der Waals surface area contributed by atoms with Gasteiger partial charge in [-0.1, -0.05) is 0 Å². The Labute approximate surface area is 77.3 Å². The van der Waals surface area contributed by atoms with E-state index in [4.69, 9.17) is 0 Å². The minimum Gasteiger partial charge on any atom is -0.355 e. The van der Waals surface area contributed by atoms with Crippen molar-refractivity contribution in [2.24, 2.45) is 5.92 Å². The van der Waals surface area contributed by atoms with Crippen LogP contribution >= 0.6 is 0 Å². The van der Waals surface area contributed by atoms with Gasteiger partial charge in [-0.05, 0) is 12.8 Å². The van der Waals surface area contributed by atoms with E-state index < -0.39 is 0 Å². The summed E-state index contributed by atoms with van der Waals surface area (Å²) in [6, 6.07) is 0.447. The smallest absolute Gasteiger partial charge is 0.227 e. The summed E-state index contributed by atoms with van der Waals surface area (Å²) in [5, 5.41) is 2.68. The van der Waals surface area contributed by atoms with E-state index >= 15 is 0 Å². The van der Waals surface area contributed by atoms with Gasteiger partial charge < -0.3 is 10.2 Å². The van der Waals surface area contributed by atoms with E-state index in [0.717, 1.165) is 12.8 Å². The van der Waals surface area contributed by atoms with Crippen LogP contribution in [0.5, 0.6) is 0 Å². The van der Waals surface area contributed by atoms with Crippen molar-refractivity contribution in [2.45, 2.75) is 25.3 Å². The Balaban J connectivity index is 1.92. The molecule has 13 heavy (non-hydrogen) atoms. The topological polar surface area (TPSA) is 49.4 Å². The van der Waals surface area contributed by atoms with Crippen molar-refractivity contribution >= 4 is 11.8 Å². The molecule has 1 atom stereocenters. The highest BCUT2D eigenvalue weighted by atomic mass is 16.2. The molecular weight excluding hydrogens is 168 g/mol. The lowest BCUT2D eigenvalue weighted by atomic mass is 10.1. The van der Waals surface area contributed by atoms with Crippen LogP contribution < -0.4 is 5.32 Å². The summed E-state index contributed by atoms with van der Waals surface area (Å²) >= 11 is 0. The highest BCUT2D eigenvalue weighted by Crippen LogP contribution is 2.27. The van der Waals surface area contributed by atoms with Gasteiger partial charge in [0, 0.05) is 26.1 Å². The zero-order chi connectivity index (χ0) is 9.42. The summed E-state index contributed by atoms with van der Waals surface area (Å²) in [4.78, 5) is 24.4. The van der Waals surface area contributed by atoms with Gasteiger partial charge in [0.15, 0.2) is 0 Å². The summed E-state index contributed by atoms with van der Waals surface area (Å²) < 4.78 is 0. The number of hydrogen-bond acceptors (Lipinski definition) is 2. The zero-order valence-corrected chi connectivity index (χ0v) is 7.75. The average Bonchev–Trinajstić information content (AvgIpc) is 2.87. The van der Waals surface area contributed by atoms with E-state index in [1.54, 1.807) is 4.90 Å². The van der Waals surface area contributed by atoms with Crippen LogP contribution in [0.25, 0.3) is 0 Å². The van der Waals surface area contributed by atoms with Gasteiger partial charge in [-0.25, -0.2) is 0 Å². The van der Waals surface area contributed by atoms with Crippen LogP contribution in [0.4, 0.5) is 0 Å². The summed E-state index contributed by atoms with van der Waals surface area (Å²) in [6.07, 6.45) is 2.61. The van der Waals surface area contributed by atoms with E-state index in [9.17, 15) is 9.59 Å². The molecule has 1 heterocycles. The SMILES string of the molecule is CN(C(=O)C1CNC(=O)C1)C1CC1. The molecule has 0 aromatic heterocycles. The number of carbonyl (C=O) groups excluding carboxylic acids is 2. The number of carbonyl (C=O) groups is 2. The summed E-state index contributed by atoms with van der Waals surface area (Å²) in [6.45, 7) is 0.523. The quantitative estimate of drug-likeness (QED) is 0.640. The normalized spacial score (nSPS) is 27.2. The third-order valence-electron chi connectivity index (χ3n) is 2.77. The Hall–Kier alpha value is -1.06. The second-order valence-corrected chi connectivity index (χ2v) is 3.89. The molecule has 2 rings (SSSR count). The lowest BCUT2D eigenvalue weighted by Crippen LogP contribution is -2.35. The maximum absolute atomic E-state index is 11.7. The fourth-order valence-electron chi connectivity index (χ4n) is 1.71. The Morgan fingerprint density at radius 2 is 2.23 bits per heavy atom. The molecular formula is C9H14N2O2. The van der Waals surface area contributed by atoms with Crippen LogP contribution in [-0.4, -0.2) is 36.3 Å². The van der Waals surface area contributed by atoms with E-state index in [0.29, 0.717) is 19.0 Å². The van der Waals surface area contributed by atoms with Crippen LogP contribution in [0.2, 0.25) is 0 Å². The van der Waals surface area contributed by atoms with Crippen molar-refractivity contribution in [3.63, 3.8) is 0 Å². The predicted octanol–water partition coefficient (Wildman–Crippen LogP) is -0.257. The first kappa shape index (κ1) is 8.53. The Kier molecular flexibility index (Phi) is 1.98. The molecule has 1 N–H and O–H groups in total. The van der Waals surface area contributed by atoms with Crippen LogP contribution in [0.3, 0.4) is 0 Å². The second-order valence-electron chi connectivity index (χ2n) is 3.89. The molecule has 0 aromatic rings. The number of amides is 2. The van der Waals surface area contributed by atoms with Gasteiger partial charge in [0.05, 0.1) is 5.92 Å². The number of hydrogen-bond donors (Lipinski definition) is 1. The summed E-state index contributed by atoms with van der Waals surface area (Å²) in [5.74, 6) is 0.0153. The molecule has 0 spiro atoms. The lowest BCUT2D eigenvalue weighted by molar-refractivity contribution is -0.135. The highest BCUT2D eigenvalue weighted by molar-refractivity contribution is 5.89. The molecule has 0 aromatic carbocycles. The molecule has 1 saturated heterocycles. The predicted molar refractivity (Wildman–Crippen MR) is 46.9 cm³/mol. The Bertz CT molecular complexity index is 248. The minimum absolute atomic E-state index is 0.00236. The molecule has 0 bridgehead atoms. The minimum atomic E-state index is -0.113. The van der Waals surface area contributed by atoms with Crippen molar-refractivity contribution in [2.75, 3.05) is 13.6 Å². The zero-order valence-electron chi connectivity index (χ0n) is 7.75. The second kappa shape index (κ2) is 3.01. The van der Waals surface area contributed by atoms with Crippen molar-refractivity contribution in [3.8, 4) is 0 Å². The van der Waals surface area contributed by atoms with E-state index in [1.165, 1.54) is 0 Å². The van der Waals surface area contributed by atoms with Crippen molar-refractivity contribution in [1.82, 2.24) is 10.2 Å². The van der Waals surface area contributed by atoms with Gasteiger partial charge in [-0.3, -0.25) is 9.59 Å². The maximum atomic E-state index is 11.7. The van der Waals surface area contributed by atoms with Crippen LogP contribution in [0.15, 0.2) is 0 Å². The van der Waals surface area contributed by atoms with E-state index in [-0.39, 0.29) is 17.7 Å². The summed E-state index contributed by atoms with van der Waals surface area (Å²) in [5.41, 5.74) is 0. The fraction of sp³-hybridized carbons (Fsp3) is 0.778. The molecule has 4 heteroatoms. The first-order valence-electron chi connectivity index (χ1n) is 4.72. The molecule has 2 amide bonds. The lowest BCUT2D eigenvalue weighted by Gasteiger charge is -2.19. The Morgan fingerprint density at radius 1 is 1.54 bits per heavy atom. The molecule has 1 aliphatic heterocycles. The van der Waals surface area contributed by atoms with E-state index in [2.05, 4.69) is 5.32 Å². The molecule has 2 fully saturated rings. The summed E-state index contributed by atoms with van der Waals surface area (Å²) in [7, 11) is 1.84. The van der Waals surface area contributed by atoms with Crippen LogP contribution in [0, 0.1) is 5.92 Å². The Morgan fingerprint density at radius 3 is 2.69 bits per heavy atom. The standard InChI is InChI=1S/C9H14N2O2/c1-11(7-2-3-7)9(13)6-4-8(12)10-5-6/h6-7H,2-5H2,1H3,(H,10,12).